The number of benzene rings is 2. The molecule has 0 atom stereocenters. The third-order valence-electron chi connectivity index (χ3n) is 4.05. The highest BCUT2D eigenvalue weighted by Crippen LogP contribution is 2.32. The van der Waals surface area contributed by atoms with Crippen LogP contribution in [-0.4, -0.2) is 29.2 Å². The van der Waals surface area contributed by atoms with Crippen molar-refractivity contribution in [2.75, 3.05) is 13.2 Å². The maximum Gasteiger partial charge on any atom is 0.170 e. The Morgan fingerprint density at radius 1 is 1.04 bits per heavy atom. The standard InChI is InChI=1S/C19H20O5/c1-2-13-10-14(17(22)11-15(13)20)16(21)8-12-4-5-18-19(9-12)24-7-3-6-23-18/h4-5,9-11,20,22H,2-3,6-8H2,1H3. The van der Waals surface area contributed by atoms with Crippen molar-refractivity contribution < 1.29 is 24.5 Å². The number of fused-ring (bicyclic) bond motifs is 1. The summed E-state index contributed by atoms with van der Waals surface area (Å²) in [6.07, 6.45) is 1.54. The number of carbonyl (C=O) groups is 1. The number of rotatable bonds is 4. The zero-order valence-corrected chi connectivity index (χ0v) is 13.5. The van der Waals surface area contributed by atoms with Gasteiger partial charge < -0.3 is 19.7 Å². The summed E-state index contributed by atoms with van der Waals surface area (Å²) in [6.45, 7) is 3.08. The molecule has 0 bridgehead atoms. The average Bonchev–Trinajstić information content (AvgIpc) is 2.79. The van der Waals surface area contributed by atoms with Crippen LogP contribution < -0.4 is 9.47 Å². The van der Waals surface area contributed by atoms with E-state index in [1.165, 1.54) is 6.07 Å². The monoisotopic (exact) mass is 328 g/mol. The van der Waals surface area contributed by atoms with E-state index in [0.29, 0.717) is 36.7 Å². The topological polar surface area (TPSA) is 76.0 Å². The van der Waals surface area contributed by atoms with Crippen LogP contribution in [0.5, 0.6) is 23.0 Å². The smallest absolute Gasteiger partial charge is 0.170 e. The number of aromatic hydroxyl groups is 2. The van der Waals surface area contributed by atoms with Gasteiger partial charge in [0.1, 0.15) is 11.5 Å². The molecule has 0 spiro atoms. The normalized spacial score (nSPS) is 13.4. The van der Waals surface area contributed by atoms with Gasteiger partial charge in [0.25, 0.3) is 0 Å². The Kier molecular flexibility index (Phi) is 4.60. The minimum atomic E-state index is -0.211. The number of phenols is 2. The van der Waals surface area contributed by atoms with E-state index in [0.717, 1.165) is 12.0 Å². The van der Waals surface area contributed by atoms with Gasteiger partial charge in [0.2, 0.25) is 0 Å². The molecule has 1 heterocycles. The van der Waals surface area contributed by atoms with Crippen LogP contribution in [0.4, 0.5) is 0 Å². The van der Waals surface area contributed by atoms with Gasteiger partial charge >= 0.3 is 0 Å². The number of ether oxygens (including phenoxy) is 2. The summed E-state index contributed by atoms with van der Waals surface area (Å²) in [5.41, 5.74) is 1.64. The Morgan fingerprint density at radius 3 is 2.54 bits per heavy atom. The Balaban J connectivity index is 1.84. The molecule has 0 fully saturated rings. The number of hydrogen-bond acceptors (Lipinski definition) is 5. The molecule has 1 aliphatic heterocycles. The second kappa shape index (κ2) is 6.83. The van der Waals surface area contributed by atoms with Gasteiger partial charge in [-0.15, -0.1) is 0 Å². The number of hydrogen-bond donors (Lipinski definition) is 2. The molecular formula is C19H20O5. The first-order valence-corrected chi connectivity index (χ1v) is 8.05. The van der Waals surface area contributed by atoms with Crippen LogP contribution in [0.15, 0.2) is 30.3 Å². The largest absolute Gasteiger partial charge is 0.508 e. The molecule has 0 saturated carbocycles. The van der Waals surface area contributed by atoms with Crippen molar-refractivity contribution in [1.82, 2.24) is 0 Å². The van der Waals surface area contributed by atoms with Gasteiger partial charge in [-0.3, -0.25) is 4.79 Å². The van der Waals surface area contributed by atoms with E-state index in [4.69, 9.17) is 9.47 Å². The lowest BCUT2D eigenvalue weighted by molar-refractivity contribution is 0.0990. The highest BCUT2D eigenvalue weighted by molar-refractivity contribution is 6.00. The minimum absolute atomic E-state index is 0.00197. The highest BCUT2D eigenvalue weighted by atomic mass is 16.5. The van der Waals surface area contributed by atoms with Crippen LogP contribution in [0.1, 0.15) is 34.8 Å². The van der Waals surface area contributed by atoms with Gasteiger partial charge in [0.15, 0.2) is 17.3 Å². The lowest BCUT2D eigenvalue weighted by Crippen LogP contribution is -2.05. The Morgan fingerprint density at radius 2 is 1.79 bits per heavy atom. The summed E-state index contributed by atoms with van der Waals surface area (Å²) in [6, 6.07) is 8.20. The average molecular weight is 328 g/mol. The zero-order chi connectivity index (χ0) is 17.1. The van der Waals surface area contributed by atoms with Gasteiger partial charge in [-0.05, 0) is 35.7 Å². The quantitative estimate of drug-likeness (QED) is 0.843. The molecular weight excluding hydrogens is 308 g/mol. The van der Waals surface area contributed by atoms with E-state index in [9.17, 15) is 15.0 Å². The van der Waals surface area contributed by atoms with E-state index in [-0.39, 0.29) is 29.3 Å². The molecule has 2 aromatic rings. The summed E-state index contributed by atoms with van der Waals surface area (Å²) >= 11 is 0. The van der Waals surface area contributed by atoms with Crippen molar-refractivity contribution in [2.45, 2.75) is 26.2 Å². The van der Waals surface area contributed by atoms with Crippen LogP contribution in [0.2, 0.25) is 0 Å². The third-order valence-corrected chi connectivity index (χ3v) is 4.05. The van der Waals surface area contributed by atoms with Crippen LogP contribution in [0.3, 0.4) is 0 Å². The molecule has 5 heteroatoms. The van der Waals surface area contributed by atoms with Crippen molar-refractivity contribution >= 4 is 5.78 Å². The van der Waals surface area contributed by atoms with Crippen LogP contribution in [-0.2, 0) is 12.8 Å². The van der Waals surface area contributed by atoms with E-state index in [2.05, 4.69) is 0 Å². The summed E-state index contributed by atoms with van der Waals surface area (Å²) in [5.74, 6) is 0.911. The predicted octanol–water partition coefficient (Wildman–Crippen LogP) is 3.25. The van der Waals surface area contributed by atoms with Crippen LogP contribution in [0.25, 0.3) is 0 Å². The Bertz CT molecular complexity index is 767. The van der Waals surface area contributed by atoms with E-state index in [1.807, 2.05) is 13.0 Å². The van der Waals surface area contributed by atoms with Crippen molar-refractivity contribution in [3.05, 3.63) is 47.0 Å². The number of ketones is 1. The summed E-state index contributed by atoms with van der Waals surface area (Å²) in [7, 11) is 0. The lowest BCUT2D eigenvalue weighted by atomic mass is 9.98. The van der Waals surface area contributed by atoms with Gasteiger partial charge in [0.05, 0.1) is 18.8 Å². The second-order valence-corrected chi connectivity index (χ2v) is 5.78. The first kappa shape index (κ1) is 16.2. The van der Waals surface area contributed by atoms with Crippen LogP contribution in [0, 0.1) is 0 Å². The summed E-state index contributed by atoms with van der Waals surface area (Å²) < 4.78 is 11.2. The minimum Gasteiger partial charge on any atom is -0.508 e. The fourth-order valence-corrected chi connectivity index (χ4v) is 2.73. The SMILES string of the molecule is CCc1cc(C(=O)Cc2ccc3c(c2)OCCCO3)c(O)cc1O. The molecule has 0 radical (unpaired) electrons. The lowest BCUT2D eigenvalue weighted by Gasteiger charge is -2.11. The molecule has 2 aromatic carbocycles. The van der Waals surface area contributed by atoms with Crippen molar-refractivity contribution in [3.63, 3.8) is 0 Å². The molecule has 0 saturated heterocycles. The van der Waals surface area contributed by atoms with Crippen molar-refractivity contribution in [2.24, 2.45) is 0 Å². The highest BCUT2D eigenvalue weighted by Gasteiger charge is 2.17. The second-order valence-electron chi connectivity index (χ2n) is 5.78. The first-order chi connectivity index (χ1) is 11.6. The van der Waals surface area contributed by atoms with Gasteiger partial charge in [0, 0.05) is 18.9 Å². The predicted molar refractivity (Wildman–Crippen MR) is 89.2 cm³/mol. The van der Waals surface area contributed by atoms with Gasteiger partial charge in [-0.1, -0.05) is 13.0 Å². The molecule has 0 aliphatic carbocycles. The molecule has 3 rings (SSSR count). The number of phenolic OH excluding ortho intramolecular Hbond substituents is 2. The van der Waals surface area contributed by atoms with E-state index < -0.39 is 0 Å². The fourth-order valence-electron chi connectivity index (χ4n) is 2.73. The maximum absolute atomic E-state index is 12.5. The molecule has 1 aliphatic rings. The molecule has 5 nitrogen and oxygen atoms in total. The summed E-state index contributed by atoms with van der Waals surface area (Å²) in [4.78, 5) is 12.5. The summed E-state index contributed by atoms with van der Waals surface area (Å²) in [5, 5.41) is 19.7. The molecule has 24 heavy (non-hydrogen) atoms. The third kappa shape index (κ3) is 3.30. The van der Waals surface area contributed by atoms with Crippen molar-refractivity contribution in [1.29, 1.82) is 0 Å². The Labute approximate surface area is 140 Å². The molecule has 0 unspecified atom stereocenters. The van der Waals surface area contributed by atoms with E-state index >= 15 is 0 Å². The molecule has 0 aromatic heterocycles. The maximum atomic E-state index is 12.5. The van der Waals surface area contributed by atoms with Crippen molar-refractivity contribution in [3.8, 4) is 23.0 Å². The van der Waals surface area contributed by atoms with E-state index in [1.54, 1.807) is 18.2 Å². The zero-order valence-electron chi connectivity index (χ0n) is 13.5. The molecule has 126 valence electrons. The molecule has 0 amide bonds. The molecule has 2 N–H and O–H groups in total. The Hall–Kier alpha value is -2.69. The number of aryl methyl sites for hydroxylation is 1. The van der Waals surface area contributed by atoms with Gasteiger partial charge in [-0.25, -0.2) is 0 Å². The number of Topliss-reactive ketones (excluding diaryl/α,β-unsaturated/α-hetero) is 1. The fraction of sp³-hybridized carbons (Fsp3) is 0.316. The number of carbonyl (C=O) groups excluding carboxylic acids is 1. The van der Waals surface area contributed by atoms with Gasteiger partial charge in [-0.2, -0.15) is 0 Å². The first-order valence-electron chi connectivity index (χ1n) is 8.05. The van der Waals surface area contributed by atoms with Crippen LogP contribution >= 0.6 is 0 Å².